The molecule has 0 aromatic rings. The first-order chi connectivity index (χ1) is 49.4. The van der Waals surface area contributed by atoms with E-state index in [1.807, 2.05) is 69.2 Å². The standard InChI is InChI=1S/C78H138N12O15/c1-19-33-90-47-68(95)84(14)61(39-50(4)5)72(98)81-59(75(101)89-34-27-22-28-35-89)46-67(94)83(13)60(38-49(2)3)71(97)80-58(43-55-29-23-20-24-30-55)74(100)88(18)64(42-53(10)11)76(102)86(16)62(40-51(6)7)70(96)79-57(48-105-37-36-91)45-66(93)85(15)65(44-56-31-25-21-26-32-56)77(103)87(17)63(41-52(8)9)73(99)82-69(54(12)92)78(90)104/h49-65,69,91-92H,19-48H2,1-18H3,(H,79,96)(H,80,97)(H,81,98)(H,82,99)/t54-,57-,58+,59+,60+,61+,62+,63+,64+,65+,69+/m1/s1. The van der Waals surface area contributed by atoms with Gasteiger partial charge in [0.05, 0.1) is 44.9 Å². The van der Waals surface area contributed by atoms with Gasteiger partial charge < -0.3 is 75.4 Å². The third-order valence-corrected chi connectivity index (χ3v) is 21.6. The number of nitrogens with zero attached hydrogens (tertiary/aromatic N) is 8. The fraction of sp³-hybridized carbons (Fsp3) is 0.846. The lowest BCUT2D eigenvalue weighted by molar-refractivity contribution is -0.151. The molecule has 2 heterocycles. The lowest BCUT2D eigenvalue weighted by Gasteiger charge is -2.39. The molecule has 12 amide bonds. The van der Waals surface area contributed by atoms with Crippen molar-refractivity contribution in [1.29, 1.82) is 0 Å². The van der Waals surface area contributed by atoms with Gasteiger partial charge in [-0.05, 0) is 119 Å². The van der Waals surface area contributed by atoms with E-state index in [0.29, 0.717) is 32.4 Å². The Morgan fingerprint density at radius 1 is 0.457 bits per heavy atom. The van der Waals surface area contributed by atoms with E-state index in [0.717, 1.165) is 70.6 Å². The molecule has 0 radical (unpaired) electrons. The summed E-state index contributed by atoms with van der Waals surface area (Å²) in [6.07, 6.45) is 9.99. The molecule has 4 rings (SSSR count). The molecule has 11 atom stereocenters. The van der Waals surface area contributed by atoms with Crippen molar-refractivity contribution in [3.8, 4) is 0 Å². The van der Waals surface area contributed by atoms with E-state index in [1.54, 1.807) is 11.8 Å². The number of hydrogen-bond donors (Lipinski definition) is 6. The number of nitrogens with one attached hydrogen (secondary N) is 4. The van der Waals surface area contributed by atoms with Crippen LogP contribution in [0.3, 0.4) is 0 Å². The van der Waals surface area contributed by atoms with Crippen molar-refractivity contribution in [2.75, 3.05) is 88.3 Å². The summed E-state index contributed by atoms with van der Waals surface area (Å²) in [4.78, 5) is 193. The molecule has 2 aliphatic heterocycles. The molecule has 0 aromatic carbocycles. The Morgan fingerprint density at radius 2 is 0.857 bits per heavy atom. The number of amides is 12. The van der Waals surface area contributed by atoms with Gasteiger partial charge in [0.15, 0.2) is 0 Å². The number of aliphatic hydroxyl groups is 2. The van der Waals surface area contributed by atoms with Crippen molar-refractivity contribution >= 4 is 70.9 Å². The molecule has 6 N–H and O–H groups in total. The summed E-state index contributed by atoms with van der Waals surface area (Å²) < 4.78 is 5.83. The van der Waals surface area contributed by atoms with Crippen LogP contribution in [0.2, 0.25) is 0 Å². The summed E-state index contributed by atoms with van der Waals surface area (Å²) in [5, 5.41) is 33.0. The van der Waals surface area contributed by atoms with Crippen LogP contribution in [0.1, 0.15) is 231 Å². The molecule has 0 aromatic heterocycles. The Balaban J connectivity index is 2.00. The smallest absolute Gasteiger partial charge is 0.248 e. The van der Waals surface area contributed by atoms with E-state index in [1.165, 1.54) is 83.5 Å². The van der Waals surface area contributed by atoms with Crippen molar-refractivity contribution in [2.24, 2.45) is 41.4 Å². The minimum Gasteiger partial charge on any atom is -0.394 e. The summed E-state index contributed by atoms with van der Waals surface area (Å²) in [6.45, 7) is 21.3. The topological polar surface area (TPSA) is 329 Å². The van der Waals surface area contributed by atoms with Gasteiger partial charge in [0.25, 0.3) is 0 Å². The minimum atomic E-state index is -1.64. The maximum absolute atomic E-state index is 15.6. The normalized spacial score (nSPS) is 26.8. The molecule has 0 bridgehead atoms. The monoisotopic (exact) mass is 1480 g/mol. The highest BCUT2D eigenvalue weighted by atomic mass is 16.5. The minimum absolute atomic E-state index is 0.0198. The number of aliphatic hydroxyl groups excluding tert-OH is 2. The molecular formula is C78H138N12O15. The van der Waals surface area contributed by atoms with Crippen LogP contribution in [0.5, 0.6) is 0 Å². The number of ether oxygens (including phenoxy) is 1. The second-order valence-electron chi connectivity index (χ2n) is 33.0. The van der Waals surface area contributed by atoms with Crippen LogP contribution in [0.25, 0.3) is 0 Å². The second-order valence-corrected chi connectivity index (χ2v) is 33.0. The van der Waals surface area contributed by atoms with Gasteiger partial charge in [-0.3, -0.25) is 57.5 Å². The number of carbonyl (C=O) groups is 12. The SMILES string of the molecule is CCCN1CC(=O)N(C)[C@@H](CC(C)C)C(=O)N[C@H](C(=O)N2CCCCC2)CC(=O)N(C)[C@@H](CC(C)C)C(=O)N[C@@H](CC2CCCCC2)C(=O)N(C)[C@@H](CC(C)C)C(=O)N(C)[C@@H](CC(C)C)C(=O)N[C@@H](COCCO)CC(=O)N(C)[C@@H](CC2CCCCC2)C(=O)N(C)[C@@H](CC(C)C)C(=O)N[C@@H]([C@@H](C)O)C1=O. The molecule has 0 spiro atoms. The maximum Gasteiger partial charge on any atom is 0.248 e. The molecule has 4 fully saturated rings. The predicted octanol–water partition coefficient (Wildman–Crippen LogP) is 5.49. The maximum atomic E-state index is 15.6. The highest BCUT2D eigenvalue weighted by molar-refractivity contribution is 5.99. The lowest BCUT2D eigenvalue weighted by Crippen LogP contribution is -2.61. The number of piperidine rings is 1. The van der Waals surface area contributed by atoms with Gasteiger partial charge in [0.1, 0.15) is 54.4 Å². The van der Waals surface area contributed by atoms with Gasteiger partial charge in [0.2, 0.25) is 70.9 Å². The Bertz CT molecular complexity index is 2820. The highest BCUT2D eigenvalue weighted by Crippen LogP contribution is 2.32. The molecule has 2 aliphatic carbocycles. The third-order valence-electron chi connectivity index (χ3n) is 21.6. The summed E-state index contributed by atoms with van der Waals surface area (Å²) in [7, 11) is 8.88. The summed E-state index contributed by atoms with van der Waals surface area (Å²) in [5.41, 5.74) is 0. The van der Waals surface area contributed by atoms with Gasteiger partial charge in [-0.1, -0.05) is 140 Å². The molecule has 600 valence electrons. The van der Waals surface area contributed by atoms with E-state index in [4.69, 9.17) is 4.74 Å². The van der Waals surface area contributed by atoms with Crippen LogP contribution in [-0.4, -0.2) is 275 Å². The van der Waals surface area contributed by atoms with Gasteiger partial charge in [-0.2, -0.15) is 0 Å². The van der Waals surface area contributed by atoms with Crippen molar-refractivity contribution in [3.63, 3.8) is 0 Å². The molecule has 27 nitrogen and oxygen atoms in total. The summed E-state index contributed by atoms with van der Waals surface area (Å²) in [5.74, 6) is -8.60. The van der Waals surface area contributed by atoms with E-state index in [9.17, 15) is 24.6 Å². The van der Waals surface area contributed by atoms with Crippen LogP contribution in [0, 0.1) is 41.4 Å². The lowest BCUT2D eigenvalue weighted by atomic mass is 9.84. The molecule has 105 heavy (non-hydrogen) atoms. The zero-order valence-corrected chi connectivity index (χ0v) is 67.4. The zero-order chi connectivity index (χ0) is 78.7. The Kier molecular flexibility index (Phi) is 38.7. The Hall–Kier alpha value is -6.48. The number of likely N-dealkylation sites (N-methyl/N-ethyl adjacent to an activating group) is 6. The third kappa shape index (κ3) is 28.2. The molecule has 2 saturated carbocycles. The average Bonchev–Trinajstić information content (AvgIpc) is 0.746. The van der Waals surface area contributed by atoms with Crippen molar-refractivity contribution in [2.45, 2.75) is 297 Å². The van der Waals surface area contributed by atoms with Crippen molar-refractivity contribution in [3.05, 3.63) is 0 Å². The van der Waals surface area contributed by atoms with Gasteiger partial charge in [-0.15, -0.1) is 0 Å². The van der Waals surface area contributed by atoms with Gasteiger partial charge in [0, 0.05) is 68.3 Å². The summed E-state index contributed by atoms with van der Waals surface area (Å²) >= 11 is 0. The molecule has 0 unspecified atom stereocenters. The number of rotatable bonds is 22. The first-order valence-electron chi connectivity index (χ1n) is 39.7. The van der Waals surface area contributed by atoms with Gasteiger partial charge in [-0.25, -0.2) is 0 Å². The van der Waals surface area contributed by atoms with E-state index in [-0.39, 0.29) is 113 Å². The van der Waals surface area contributed by atoms with E-state index < -0.39 is 157 Å². The number of hydrogen-bond acceptors (Lipinski definition) is 15. The van der Waals surface area contributed by atoms with Crippen LogP contribution < -0.4 is 21.3 Å². The van der Waals surface area contributed by atoms with Crippen molar-refractivity contribution in [1.82, 2.24) is 60.5 Å². The molecule has 27 heteroatoms. The predicted molar refractivity (Wildman–Crippen MR) is 403 cm³/mol. The summed E-state index contributed by atoms with van der Waals surface area (Å²) in [6, 6.07) is -12.5. The largest absolute Gasteiger partial charge is 0.394 e. The fourth-order valence-electron chi connectivity index (χ4n) is 15.4. The molecule has 2 saturated heterocycles. The van der Waals surface area contributed by atoms with Crippen LogP contribution in [0.15, 0.2) is 0 Å². The quantitative estimate of drug-likeness (QED) is 0.0730. The van der Waals surface area contributed by atoms with E-state index >= 15 is 43.2 Å². The first-order valence-corrected chi connectivity index (χ1v) is 39.7. The van der Waals surface area contributed by atoms with Crippen molar-refractivity contribution < 1.29 is 72.5 Å². The van der Waals surface area contributed by atoms with Gasteiger partial charge >= 0.3 is 0 Å². The van der Waals surface area contributed by atoms with Crippen LogP contribution in [0.4, 0.5) is 0 Å². The fourth-order valence-corrected chi connectivity index (χ4v) is 15.4. The zero-order valence-electron chi connectivity index (χ0n) is 67.4. The first kappa shape index (κ1) is 90.9. The molecule has 4 aliphatic rings. The number of carbonyl (C=O) groups excluding carboxylic acids is 12. The second kappa shape index (κ2) is 44.7. The highest BCUT2D eigenvalue weighted by Gasteiger charge is 2.45. The van der Waals surface area contributed by atoms with E-state index in [2.05, 4.69) is 21.3 Å². The number of likely N-dealkylation sites (tertiary alicyclic amines) is 1. The Morgan fingerprint density at radius 3 is 1.33 bits per heavy atom. The van der Waals surface area contributed by atoms with Crippen LogP contribution in [-0.2, 0) is 62.3 Å². The van der Waals surface area contributed by atoms with Crippen LogP contribution >= 0.6 is 0 Å². The average molecular weight is 1480 g/mol. The molecular weight excluding hydrogens is 1340 g/mol. The Labute approximate surface area is 628 Å².